The number of hydrogen-bond donors (Lipinski definition) is 4. The van der Waals surface area contributed by atoms with Gasteiger partial charge in [-0.2, -0.15) is 0 Å². The van der Waals surface area contributed by atoms with Crippen LogP contribution in [0, 0.1) is 17.8 Å². The van der Waals surface area contributed by atoms with Crippen molar-refractivity contribution in [3.8, 4) is 0 Å². The summed E-state index contributed by atoms with van der Waals surface area (Å²) in [5.74, 6) is 0.835. The van der Waals surface area contributed by atoms with E-state index in [4.69, 9.17) is 5.11 Å². The Bertz CT molecular complexity index is 569. The third-order valence-corrected chi connectivity index (χ3v) is 6.35. The second-order valence-corrected chi connectivity index (χ2v) is 8.65. The zero-order valence-corrected chi connectivity index (χ0v) is 15.8. The minimum absolute atomic E-state index is 0.0554. The van der Waals surface area contributed by atoms with Gasteiger partial charge in [-0.05, 0) is 69.1 Å². The zero-order chi connectivity index (χ0) is 19.4. The van der Waals surface area contributed by atoms with E-state index in [1.165, 1.54) is 19.3 Å². The summed E-state index contributed by atoms with van der Waals surface area (Å²) < 4.78 is 0. The summed E-state index contributed by atoms with van der Waals surface area (Å²) in [6, 6.07) is -1.14. The fourth-order valence-electron chi connectivity index (χ4n) is 5.65. The smallest absolute Gasteiger partial charge is 0.326 e. The van der Waals surface area contributed by atoms with Gasteiger partial charge in [0.1, 0.15) is 6.04 Å². The molecular formula is C20H31N3O4. The number of rotatable bonds is 9. The average molecular weight is 377 g/mol. The SMILES string of the molecule is C=CCCC(NC(=O)CCNC(=O)NC12CC3CC(CC(C3)C1)C2)C(=O)O. The number of urea groups is 1. The molecule has 4 saturated carbocycles. The molecule has 4 bridgehead atoms. The molecule has 150 valence electrons. The normalized spacial score (nSPS) is 31.8. The maximum absolute atomic E-state index is 12.3. The molecule has 4 fully saturated rings. The Labute approximate surface area is 160 Å². The molecule has 7 heteroatoms. The lowest BCUT2D eigenvalue weighted by molar-refractivity contribution is -0.142. The molecule has 1 atom stereocenters. The number of carboxylic acids is 1. The first kappa shape index (κ1) is 19.7. The summed E-state index contributed by atoms with van der Waals surface area (Å²) in [5, 5.41) is 17.6. The summed E-state index contributed by atoms with van der Waals surface area (Å²) in [6.45, 7) is 3.75. The Kier molecular flexibility index (Phi) is 6.07. The van der Waals surface area contributed by atoms with E-state index in [1.54, 1.807) is 6.08 Å². The molecule has 0 spiro atoms. The zero-order valence-electron chi connectivity index (χ0n) is 15.8. The van der Waals surface area contributed by atoms with Gasteiger partial charge < -0.3 is 21.1 Å². The van der Waals surface area contributed by atoms with Gasteiger partial charge in [-0.3, -0.25) is 4.79 Å². The molecule has 4 N–H and O–H groups in total. The first-order valence-electron chi connectivity index (χ1n) is 10.1. The topological polar surface area (TPSA) is 108 Å². The number of hydrogen-bond acceptors (Lipinski definition) is 3. The molecule has 0 aromatic carbocycles. The fraction of sp³-hybridized carbons (Fsp3) is 0.750. The van der Waals surface area contributed by atoms with Crippen molar-refractivity contribution in [1.29, 1.82) is 0 Å². The Morgan fingerprint density at radius 2 is 1.70 bits per heavy atom. The predicted molar refractivity (Wildman–Crippen MR) is 101 cm³/mol. The lowest BCUT2D eigenvalue weighted by Gasteiger charge is -2.56. The molecule has 27 heavy (non-hydrogen) atoms. The number of carbonyl (C=O) groups is 3. The van der Waals surface area contributed by atoms with Crippen molar-refractivity contribution < 1.29 is 19.5 Å². The Morgan fingerprint density at radius 3 is 2.22 bits per heavy atom. The van der Waals surface area contributed by atoms with E-state index in [-0.39, 0.29) is 30.4 Å². The number of aliphatic carboxylic acids is 1. The van der Waals surface area contributed by atoms with Gasteiger partial charge in [0, 0.05) is 18.5 Å². The van der Waals surface area contributed by atoms with Crippen molar-refractivity contribution in [1.82, 2.24) is 16.0 Å². The Balaban J connectivity index is 1.39. The van der Waals surface area contributed by atoms with Crippen LogP contribution < -0.4 is 16.0 Å². The van der Waals surface area contributed by atoms with Crippen LogP contribution in [-0.4, -0.2) is 41.1 Å². The highest BCUT2D eigenvalue weighted by Gasteiger charge is 2.51. The first-order valence-corrected chi connectivity index (χ1v) is 10.1. The number of carboxylic acid groups (broad SMARTS) is 1. The minimum atomic E-state index is -1.06. The quantitative estimate of drug-likeness (QED) is 0.462. The number of allylic oxidation sites excluding steroid dienone is 1. The molecule has 0 aromatic rings. The second-order valence-electron chi connectivity index (χ2n) is 8.65. The molecule has 0 aromatic heterocycles. The van der Waals surface area contributed by atoms with Crippen molar-refractivity contribution in [3.63, 3.8) is 0 Å². The monoisotopic (exact) mass is 377 g/mol. The van der Waals surface area contributed by atoms with Crippen molar-refractivity contribution in [2.45, 2.75) is 69.4 Å². The molecule has 4 aliphatic rings. The molecule has 0 heterocycles. The van der Waals surface area contributed by atoms with Gasteiger partial charge >= 0.3 is 12.0 Å². The maximum Gasteiger partial charge on any atom is 0.326 e. The van der Waals surface area contributed by atoms with Gasteiger partial charge in [0.15, 0.2) is 0 Å². The molecule has 4 rings (SSSR count). The van der Waals surface area contributed by atoms with E-state index < -0.39 is 12.0 Å². The van der Waals surface area contributed by atoms with Crippen LogP contribution in [0.15, 0.2) is 12.7 Å². The predicted octanol–water partition coefficient (Wildman–Crippen LogP) is 2.18. The van der Waals surface area contributed by atoms with Crippen LogP contribution in [0.4, 0.5) is 4.79 Å². The van der Waals surface area contributed by atoms with Gasteiger partial charge in [-0.1, -0.05) is 6.08 Å². The first-order chi connectivity index (χ1) is 12.9. The molecule has 3 amide bonds. The largest absolute Gasteiger partial charge is 0.480 e. The lowest BCUT2D eigenvalue weighted by atomic mass is 9.53. The summed E-state index contributed by atoms with van der Waals surface area (Å²) in [5.41, 5.74) is -0.0554. The summed E-state index contributed by atoms with van der Waals surface area (Å²) in [7, 11) is 0. The van der Waals surface area contributed by atoms with Crippen LogP contribution >= 0.6 is 0 Å². The maximum atomic E-state index is 12.3. The van der Waals surface area contributed by atoms with Crippen LogP contribution in [-0.2, 0) is 9.59 Å². The third kappa shape index (κ3) is 5.02. The van der Waals surface area contributed by atoms with Crippen LogP contribution in [0.5, 0.6) is 0 Å². The van der Waals surface area contributed by atoms with E-state index >= 15 is 0 Å². The van der Waals surface area contributed by atoms with Crippen LogP contribution in [0.2, 0.25) is 0 Å². The highest BCUT2D eigenvalue weighted by molar-refractivity contribution is 5.84. The van der Waals surface area contributed by atoms with E-state index in [1.807, 2.05) is 0 Å². The van der Waals surface area contributed by atoms with Gasteiger partial charge in [0.2, 0.25) is 5.91 Å². The number of carbonyl (C=O) groups excluding carboxylic acids is 2. The highest BCUT2D eigenvalue weighted by atomic mass is 16.4. The second kappa shape index (κ2) is 8.31. The van der Waals surface area contributed by atoms with Crippen molar-refractivity contribution >= 4 is 17.9 Å². The van der Waals surface area contributed by atoms with Crippen molar-refractivity contribution in [3.05, 3.63) is 12.7 Å². The Hall–Kier alpha value is -2.05. The van der Waals surface area contributed by atoms with Gasteiger partial charge in [-0.25, -0.2) is 9.59 Å². The lowest BCUT2D eigenvalue weighted by Crippen LogP contribution is -2.61. The summed E-state index contributed by atoms with van der Waals surface area (Å²) >= 11 is 0. The Morgan fingerprint density at radius 1 is 1.11 bits per heavy atom. The van der Waals surface area contributed by atoms with Crippen LogP contribution in [0.3, 0.4) is 0 Å². The molecule has 7 nitrogen and oxygen atoms in total. The van der Waals surface area contributed by atoms with E-state index in [9.17, 15) is 14.4 Å². The van der Waals surface area contributed by atoms with E-state index in [0.29, 0.717) is 12.8 Å². The average Bonchev–Trinajstić information content (AvgIpc) is 2.56. The number of nitrogens with one attached hydrogen (secondary N) is 3. The van der Waals surface area contributed by atoms with Crippen molar-refractivity contribution in [2.75, 3.05) is 6.54 Å². The molecule has 0 radical (unpaired) electrons. The molecular weight excluding hydrogens is 346 g/mol. The van der Waals surface area contributed by atoms with Gasteiger partial charge in [0.05, 0.1) is 0 Å². The summed E-state index contributed by atoms with van der Waals surface area (Å²) in [6.07, 6.45) is 9.71. The molecule has 1 unspecified atom stereocenters. The van der Waals surface area contributed by atoms with Gasteiger partial charge in [0.25, 0.3) is 0 Å². The van der Waals surface area contributed by atoms with Crippen molar-refractivity contribution in [2.24, 2.45) is 17.8 Å². The highest BCUT2D eigenvalue weighted by Crippen LogP contribution is 2.55. The van der Waals surface area contributed by atoms with Gasteiger partial charge in [-0.15, -0.1) is 6.58 Å². The number of amides is 3. The molecule has 0 saturated heterocycles. The van der Waals surface area contributed by atoms with Crippen LogP contribution in [0.1, 0.15) is 57.8 Å². The van der Waals surface area contributed by atoms with E-state index in [2.05, 4.69) is 22.5 Å². The fourth-order valence-corrected chi connectivity index (χ4v) is 5.65. The standard InChI is InChI=1S/C20H31N3O4/c1-2-3-4-16(18(25)26)22-17(24)5-6-21-19(27)23-20-10-13-7-14(11-20)9-15(8-13)12-20/h2,13-16H,1,3-12H2,(H,22,24)(H,25,26)(H2,21,23,27). The van der Waals surface area contributed by atoms with E-state index in [0.717, 1.165) is 37.0 Å². The minimum Gasteiger partial charge on any atom is -0.480 e. The van der Waals surface area contributed by atoms with Crippen LogP contribution in [0.25, 0.3) is 0 Å². The third-order valence-electron chi connectivity index (χ3n) is 6.35. The summed E-state index contributed by atoms with van der Waals surface area (Å²) in [4.78, 5) is 35.4. The molecule has 0 aliphatic heterocycles. The molecule has 4 aliphatic carbocycles.